The van der Waals surface area contributed by atoms with Crippen molar-refractivity contribution in [2.45, 2.75) is 38.3 Å². The molecule has 0 aliphatic carbocycles. The van der Waals surface area contributed by atoms with Gasteiger partial charge in [-0.3, -0.25) is 4.79 Å². The number of carbonyl (C=O) groups is 3. The third-order valence-electron chi connectivity index (χ3n) is 4.78. The minimum absolute atomic E-state index is 0.0191. The van der Waals surface area contributed by atoms with E-state index in [0.717, 1.165) is 11.1 Å². The van der Waals surface area contributed by atoms with Crippen LogP contribution in [0.5, 0.6) is 0 Å². The molecule has 0 saturated heterocycles. The van der Waals surface area contributed by atoms with Crippen LogP contribution in [0.25, 0.3) is 11.1 Å². The summed E-state index contributed by atoms with van der Waals surface area (Å²) >= 11 is 6.44. The highest BCUT2D eigenvalue weighted by molar-refractivity contribution is 6.33. The van der Waals surface area contributed by atoms with Crippen molar-refractivity contribution in [2.75, 3.05) is 19.8 Å². The first-order chi connectivity index (χ1) is 15.8. The number of ether oxygens (including phenoxy) is 2. The maximum absolute atomic E-state index is 12.2. The SMILES string of the molecule is CCOCCCOC(=O)C(=O)N[C@H](Cc1ccc(-c2ccccc2)c(Cl)c1)C[C@@H](O)C(=O)O. The molecule has 0 aromatic heterocycles. The molecule has 33 heavy (non-hydrogen) atoms. The third-order valence-corrected chi connectivity index (χ3v) is 5.10. The second kappa shape index (κ2) is 13.6. The lowest BCUT2D eigenvalue weighted by Crippen LogP contribution is -2.44. The van der Waals surface area contributed by atoms with Gasteiger partial charge in [0.15, 0.2) is 6.10 Å². The molecule has 2 aromatic rings. The van der Waals surface area contributed by atoms with E-state index in [1.165, 1.54) is 0 Å². The molecule has 178 valence electrons. The van der Waals surface area contributed by atoms with Gasteiger partial charge < -0.3 is 25.0 Å². The summed E-state index contributed by atoms with van der Waals surface area (Å²) < 4.78 is 10.0. The summed E-state index contributed by atoms with van der Waals surface area (Å²) in [5, 5.41) is 21.8. The van der Waals surface area contributed by atoms with Crippen molar-refractivity contribution in [3.05, 3.63) is 59.1 Å². The van der Waals surface area contributed by atoms with Crippen LogP contribution >= 0.6 is 11.6 Å². The predicted molar refractivity (Wildman–Crippen MR) is 123 cm³/mol. The van der Waals surface area contributed by atoms with Crippen molar-refractivity contribution in [2.24, 2.45) is 0 Å². The highest BCUT2D eigenvalue weighted by atomic mass is 35.5. The summed E-state index contributed by atoms with van der Waals surface area (Å²) in [4.78, 5) is 35.3. The molecule has 2 rings (SSSR count). The molecule has 0 heterocycles. The number of halogens is 1. The lowest BCUT2D eigenvalue weighted by atomic mass is 9.97. The van der Waals surface area contributed by atoms with Crippen LogP contribution in [0.15, 0.2) is 48.5 Å². The Morgan fingerprint density at radius 1 is 1.09 bits per heavy atom. The smallest absolute Gasteiger partial charge is 0.396 e. The van der Waals surface area contributed by atoms with Gasteiger partial charge in [0.25, 0.3) is 0 Å². The number of benzene rings is 2. The first-order valence-corrected chi connectivity index (χ1v) is 11.0. The van der Waals surface area contributed by atoms with Gasteiger partial charge in [-0.05, 0) is 30.5 Å². The molecule has 3 N–H and O–H groups in total. The molecule has 8 nitrogen and oxygen atoms in total. The number of amides is 1. The Morgan fingerprint density at radius 3 is 2.45 bits per heavy atom. The minimum atomic E-state index is -1.71. The van der Waals surface area contributed by atoms with Gasteiger partial charge in [-0.15, -0.1) is 0 Å². The van der Waals surface area contributed by atoms with Gasteiger partial charge in [0, 0.05) is 42.7 Å². The predicted octanol–water partition coefficient (Wildman–Crippen LogP) is 2.84. The van der Waals surface area contributed by atoms with E-state index in [4.69, 9.17) is 26.2 Å². The van der Waals surface area contributed by atoms with Crippen molar-refractivity contribution in [1.82, 2.24) is 5.32 Å². The molecule has 0 fully saturated rings. The van der Waals surface area contributed by atoms with Crippen LogP contribution < -0.4 is 5.32 Å². The van der Waals surface area contributed by atoms with E-state index < -0.39 is 30.0 Å². The number of aliphatic hydroxyl groups excluding tert-OH is 1. The number of nitrogens with one attached hydrogen (secondary N) is 1. The average Bonchev–Trinajstić information content (AvgIpc) is 2.79. The number of hydrogen-bond donors (Lipinski definition) is 3. The van der Waals surface area contributed by atoms with E-state index in [2.05, 4.69) is 5.32 Å². The number of hydrogen-bond acceptors (Lipinski definition) is 6. The van der Waals surface area contributed by atoms with Crippen LogP contribution in [-0.4, -0.2) is 60.0 Å². The zero-order chi connectivity index (χ0) is 24.2. The number of carboxylic acid groups (broad SMARTS) is 1. The molecule has 0 unspecified atom stereocenters. The van der Waals surface area contributed by atoms with Crippen molar-refractivity contribution < 1.29 is 34.1 Å². The molecule has 0 spiro atoms. The molecule has 0 aliphatic rings. The maximum Gasteiger partial charge on any atom is 0.396 e. The molecule has 0 bridgehead atoms. The molecule has 9 heteroatoms. The topological polar surface area (TPSA) is 122 Å². The van der Waals surface area contributed by atoms with Gasteiger partial charge in [-0.2, -0.15) is 0 Å². The fourth-order valence-electron chi connectivity index (χ4n) is 3.17. The zero-order valence-corrected chi connectivity index (χ0v) is 19.1. The molecular weight excluding hydrogens is 450 g/mol. The lowest BCUT2D eigenvalue weighted by molar-refractivity contribution is -0.155. The molecule has 0 aliphatic heterocycles. The van der Waals surface area contributed by atoms with Crippen LogP contribution in [-0.2, 0) is 30.3 Å². The van der Waals surface area contributed by atoms with Gasteiger partial charge in [0.05, 0.1) is 6.61 Å². The standard InChI is InChI=1S/C24H28ClNO7/c1-2-32-11-6-12-33-24(31)22(28)26-18(15-21(27)23(29)30)13-16-9-10-19(20(25)14-16)17-7-4-3-5-8-17/h3-5,7-10,14,18,21,27H,2,6,11-13,15H2,1H3,(H,26,28)(H,29,30)/t18-,21-/m1/s1. The van der Waals surface area contributed by atoms with Crippen LogP contribution in [0.2, 0.25) is 5.02 Å². The first kappa shape index (κ1) is 26.3. The Balaban J connectivity index is 2.06. The Morgan fingerprint density at radius 2 is 1.82 bits per heavy atom. The lowest BCUT2D eigenvalue weighted by Gasteiger charge is -2.20. The van der Waals surface area contributed by atoms with Crippen LogP contribution in [0.3, 0.4) is 0 Å². The second-order valence-electron chi connectivity index (χ2n) is 7.33. The maximum atomic E-state index is 12.2. The van der Waals surface area contributed by atoms with Gasteiger partial charge in [0.1, 0.15) is 0 Å². The molecule has 0 radical (unpaired) electrons. The molecule has 2 aromatic carbocycles. The highest BCUT2D eigenvalue weighted by Crippen LogP contribution is 2.29. The summed E-state index contributed by atoms with van der Waals surface area (Å²) in [6, 6.07) is 14.0. The van der Waals surface area contributed by atoms with E-state index >= 15 is 0 Å². The van der Waals surface area contributed by atoms with Crippen LogP contribution in [0, 0.1) is 0 Å². The Bertz CT molecular complexity index is 936. The van der Waals surface area contributed by atoms with E-state index in [0.29, 0.717) is 30.2 Å². The van der Waals surface area contributed by atoms with Gasteiger partial charge in [-0.1, -0.05) is 54.1 Å². The van der Waals surface area contributed by atoms with E-state index in [1.807, 2.05) is 43.3 Å². The van der Waals surface area contributed by atoms with E-state index in [9.17, 15) is 19.5 Å². The first-order valence-electron chi connectivity index (χ1n) is 10.6. The number of esters is 1. The van der Waals surface area contributed by atoms with E-state index in [1.54, 1.807) is 12.1 Å². The fraction of sp³-hybridized carbons (Fsp3) is 0.375. The van der Waals surface area contributed by atoms with Crippen molar-refractivity contribution >= 4 is 29.4 Å². The van der Waals surface area contributed by atoms with Gasteiger partial charge in [0.2, 0.25) is 0 Å². The summed E-state index contributed by atoms with van der Waals surface area (Å²) in [6.45, 7) is 2.80. The fourth-order valence-corrected chi connectivity index (χ4v) is 3.48. The molecule has 1 amide bonds. The Labute approximate surface area is 197 Å². The van der Waals surface area contributed by atoms with Crippen molar-refractivity contribution in [3.8, 4) is 11.1 Å². The van der Waals surface area contributed by atoms with E-state index in [-0.39, 0.29) is 19.4 Å². The average molecular weight is 478 g/mol. The van der Waals surface area contributed by atoms with Gasteiger partial charge in [-0.25, -0.2) is 9.59 Å². The van der Waals surface area contributed by atoms with Crippen molar-refractivity contribution in [1.29, 1.82) is 0 Å². The number of aliphatic carboxylic acids is 1. The van der Waals surface area contributed by atoms with Gasteiger partial charge >= 0.3 is 17.8 Å². The molecule has 2 atom stereocenters. The van der Waals surface area contributed by atoms with Crippen LogP contribution in [0.4, 0.5) is 0 Å². The summed E-state index contributed by atoms with van der Waals surface area (Å²) in [5.41, 5.74) is 2.46. The largest absolute Gasteiger partial charge is 0.479 e. The molecule has 0 saturated carbocycles. The number of aliphatic hydroxyl groups is 1. The zero-order valence-electron chi connectivity index (χ0n) is 18.3. The monoisotopic (exact) mass is 477 g/mol. The summed E-state index contributed by atoms with van der Waals surface area (Å²) in [5.74, 6) is -3.52. The number of rotatable bonds is 12. The Kier molecular flexibility index (Phi) is 10.8. The van der Waals surface area contributed by atoms with Crippen LogP contribution in [0.1, 0.15) is 25.3 Å². The quantitative estimate of drug-likeness (QED) is 0.244. The summed E-state index contributed by atoms with van der Waals surface area (Å²) in [6.07, 6.45) is -1.41. The second-order valence-corrected chi connectivity index (χ2v) is 7.74. The number of carbonyl (C=O) groups excluding carboxylic acids is 2. The third kappa shape index (κ3) is 8.84. The normalized spacial score (nSPS) is 12.6. The highest BCUT2D eigenvalue weighted by Gasteiger charge is 2.25. The molecular formula is C24H28ClNO7. The number of carboxylic acids is 1. The van der Waals surface area contributed by atoms with Crippen molar-refractivity contribution in [3.63, 3.8) is 0 Å². The summed E-state index contributed by atoms with van der Waals surface area (Å²) in [7, 11) is 0. The minimum Gasteiger partial charge on any atom is -0.479 e. The Hall–Kier alpha value is -2.94.